The molecule has 0 amide bonds. The summed E-state index contributed by atoms with van der Waals surface area (Å²) in [6, 6.07) is 3.99. The number of allylic oxidation sites excluding steroid dienone is 6. The van der Waals surface area contributed by atoms with Crippen LogP contribution in [0.15, 0.2) is 60.2 Å². The van der Waals surface area contributed by atoms with Crippen LogP contribution in [0.4, 0.5) is 13.2 Å². The smallest absolute Gasteiger partial charge is 0.417 e. The first-order chi connectivity index (χ1) is 12.1. The quantitative estimate of drug-likeness (QED) is 0.573. The minimum absolute atomic E-state index is 0.0697. The zero-order valence-electron chi connectivity index (χ0n) is 15.2. The van der Waals surface area contributed by atoms with E-state index < -0.39 is 17.7 Å². The number of aryl methyl sites for hydroxylation is 1. The highest BCUT2D eigenvalue weighted by Gasteiger charge is 2.33. The van der Waals surface area contributed by atoms with Crippen LogP contribution < -0.4 is 0 Å². The maximum Gasteiger partial charge on any atom is 0.417 e. The average Bonchev–Trinajstić information content (AvgIpc) is 2.54. The van der Waals surface area contributed by atoms with E-state index in [1.165, 1.54) is 18.2 Å². The normalized spacial score (nSPS) is 13.7. The Morgan fingerprint density at radius 3 is 2.46 bits per heavy atom. The minimum Gasteiger partial charge on any atom is -0.481 e. The Hall–Kier alpha value is -2.56. The molecule has 0 bridgehead atoms. The summed E-state index contributed by atoms with van der Waals surface area (Å²) >= 11 is 0. The second-order valence-corrected chi connectivity index (χ2v) is 5.94. The molecule has 0 spiro atoms. The molecule has 140 valence electrons. The SMILES string of the molecule is C=C/C(CC(=O)O)=C(C)/C=C(\C=C/CC)c1cc(C)ccc1C(F)(F)F. The molecular formula is C21H23F3O2. The molecule has 1 aromatic carbocycles. The minimum atomic E-state index is -4.48. The Labute approximate surface area is 152 Å². The van der Waals surface area contributed by atoms with Crippen molar-refractivity contribution in [2.75, 3.05) is 0 Å². The zero-order valence-corrected chi connectivity index (χ0v) is 15.2. The van der Waals surface area contributed by atoms with Gasteiger partial charge in [-0.1, -0.05) is 55.5 Å². The number of aliphatic carboxylic acids is 1. The number of hydrogen-bond acceptors (Lipinski definition) is 1. The van der Waals surface area contributed by atoms with Crippen LogP contribution in [0.5, 0.6) is 0 Å². The van der Waals surface area contributed by atoms with Crippen molar-refractivity contribution in [1.29, 1.82) is 0 Å². The van der Waals surface area contributed by atoms with Crippen LogP contribution in [0.3, 0.4) is 0 Å². The van der Waals surface area contributed by atoms with E-state index in [1.54, 1.807) is 32.1 Å². The summed E-state index contributed by atoms with van der Waals surface area (Å²) in [5, 5.41) is 8.98. The molecule has 0 fully saturated rings. The second kappa shape index (κ2) is 9.22. The van der Waals surface area contributed by atoms with Gasteiger partial charge in [0.05, 0.1) is 12.0 Å². The fraction of sp³-hybridized carbons (Fsp3) is 0.286. The first kappa shape index (κ1) is 21.5. The topological polar surface area (TPSA) is 37.3 Å². The molecule has 0 aliphatic heterocycles. The van der Waals surface area contributed by atoms with Crippen LogP contribution in [0.25, 0.3) is 5.57 Å². The van der Waals surface area contributed by atoms with E-state index in [2.05, 4.69) is 6.58 Å². The summed E-state index contributed by atoms with van der Waals surface area (Å²) < 4.78 is 40.3. The summed E-state index contributed by atoms with van der Waals surface area (Å²) in [7, 11) is 0. The molecule has 1 rings (SSSR count). The molecule has 0 heterocycles. The molecule has 5 heteroatoms. The molecule has 26 heavy (non-hydrogen) atoms. The summed E-state index contributed by atoms with van der Waals surface area (Å²) in [6.07, 6.45) is 2.34. The lowest BCUT2D eigenvalue weighted by Crippen LogP contribution is -2.09. The Kier molecular flexibility index (Phi) is 7.62. The molecule has 0 radical (unpaired) electrons. The van der Waals surface area contributed by atoms with Gasteiger partial charge < -0.3 is 5.11 Å². The van der Waals surface area contributed by atoms with Gasteiger partial charge in [0.15, 0.2) is 0 Å². The van der Waals surface area contributed by atoms with Crippen molar-refractivity contribution in [3.63, 3.8) is 0 Å². The number of carboxylic acids is 1. The van der Waals surface area contributed by atoms with E-state index >= 15 is 0 Å². The molecule has 0 saturated carbocycles. The highest BCUT2D eigenvalue weighted by atomic mass is 19.4. The van der Waals surface area contributed by atoms with Crippen molar-refractivity contribution in [2.45, 2.75) is 39.8 Å². The van der Waals surface area contributed by atoms with Gasteiger partial charge in [-0.3, -0.25) is 4.79 Å². The van der Waals surface area contributed by atoms with E-state index in [0.717, 1.165) is 6.07 Å². The van der Waals surface area contributed by atoms with Crippen LogP contribution in [-0.4, -0.2) is 11.1 Å². The van der Waals surface area contributed by atoms with E-state index in [1.807, 2.05) is 6.92 Å². The Balaban J connectivity index is 3.65. The monoisotopic (exact) mass is 364 g/mol. The van der Waals surface area contributed by atoms with Gasteiger partial charge in [-0.25, -0.2) is 0 Å². The zero-order chi connectivity index (χ0) is 19.9. The van der Waals surface area contributed by atoms with Gasteiger partial charge in [0.2, 0.25) is 0 Å². The molecular weight excluding hydrogens is 341 g/mol. The number of carboxylic acid groups (broad SMARTS) is 1. The summed E-state index contributed by atoms with van der Waals surface area (Å²) in [5.41, 5.74) is 1.46. The molecule has 1 N–H and O–H groups in total. The maximum absolute atomic E-state index is 13.4. The first-order valence-electron chi connectivity index (χ1n) is 8.20. The molecule has 2 nitrogen and oxygen atoms in total. The average molecular weight is 364 g/mol. The number of halogens is 3. The van der Waals surface area contributed by atoms with Crippen molar-refractivity contribution in [2.24, 2.45) is 0 Å². The lowest BCUT2D eigenvalue weighted by Gasteiger charge is -2.15. The first-order valence-corrected chi connectivity index (χ1v) is 8.20. The third-order valence-electron chi connectivity index (χ3n) is 3.79. The van der Waals surface area contributed by atoms with E-state index in [9.17, 15) is 18.0 Å². The molecule has 0 aliphatic carbocycles. The molecule has 0 aliphatic rings. The van der Waals surface area contributed by atoms with Crippen LogP contribution >= 0.6 is 0 Å². The number of carbonyl (C=O) groups is 1. The van der Waals surface area contributed by atoms with E-state index in [-0.39, 0.29) is 12.0 Å². The van der Waals surface area contributed by atoms with Crippen molar-refractivity contribution in [1.82, 2.24) is 0 Å². The van der Waals surface area contributed by atoms with E-state index in [4.69, 9.17) is 5.11 Å². The van der Waals surface area contributed by atoms with Gasteiger partial charge in [-0.15, -0.1) is 0 Å². The molecule has 1 aromatic rings. The van der Waals surface area contributed by atoms with Gasteiger partial charge in [0, 0.05) is 0 Å². The second-order valence-electron chi connectivity index (χ2n) is 5.94. The Morgan fingerprint density at radius 2 is 1.96 bits per heavy atom. The van der Waals surface area contributed by atoms with Crippen LogP contribution in [0.2, 0.25) is 0 Å². The lowest BCUT2D eigenvalue weighted by molar-refractivity contribution is -0.138. The number of rotatable bonds is 7. The third kappa shape index (κ3) is 6.06. The van der Waals surface area contributed by atoms with Crippen molar-refractivity contribution < 1.29 is 23.1 Å². The lowest BCUT2D eigenvalue weighted by atomic mass is 9.93. The summed E-state index contributed by atoms with van der Waals surface area (Å²) in [6.45, 7) is 8.88. The fourth-order valence-electron chi connectivity index (χ4n) is 2.47. The summed E-state index contributed by atoms with van der Waals surface area (Å²) in [5.74, 6) is -1.02. The molecule has 0 unspecified atom stereocenters. The molecule has 0 aromatic heterocycles. The maximum atomic E-state index is 13.4. The van der Waals surface area contributed by atoms with E-state index in [0.29, 0.717) is 28.7 Å². The van der Waals surface area contributed by atoms with Gasteiger partial charge >= 0.3 is 12.1 Å². The van der Waals surface area contributed by atoms with Crippen molar-refractivity contribution >= 4 is 11.5 Å². The standard InChI is InChI=1S/C21H23F3O2/c1-5-7-8-17(12-15(4)16(6-2)13-20(25)26)18-11-14(3)9-10-19(18)21(22,23)24/h6-12H,2,5,13H2,1,3-4H3,(H,25,26)/b8-7-,16-15-,17-12+. The molecule has 0 saturated heterocycles. The predicted molar refractivity (Wildman–Crippen MR) is 98.7 cm³/mol. The molecule has 0 atom stereocenters. The Bertz CT molecular complexity index is 766. The van der Waals surface area contributed by atoms with Gasteiger partial charge in [-0.05, 0) is 48.6 Å². The number of benzene rings is 1. The van der Waals surface area contributed by atoms with Crippen LogP contribution in [0.1, 0.15) is 43.4 Å². The van der Waals surface area contributed by atoms with Crippen molar-refractivity contribution in [3.8, 4) is 0 Å². The Morgan fingerprint density at radius 1 is 1.31 bits per heavy atom. The summed E-state index contributed by atoms with van der Waals surface area (Å²) in [4.78, 5) is 11.0. The number of alkyl halides is 3. The van der Waals surface area contributed by atoms with Crippen LogP contribution in [0, 0.1) is 6.92 Å². The predicted octanol–water partition coefficient (Wildman–Crippen LogP) is 6.34. The van der Waals surface area contributed by atoms with Crippen molar-refractivity contribution in [3.05, 3.63) is 76.9 Å². The highest BCUT2D eigenvalue weighted by molar-refractivity contribution is 5.79. The number of hydrogen-bond donors (Lipinski definition) is 1. The van der Waals surface area contributed by atoms with Gasteiger partial charge in [0.1, 0.15) is 0 Å². The van der Waals surface area contributed by atoms with Gasteiger partial charge in [-0.2, -0.15) is 13.2 Å². The largest absolute Gasteiger partial charge is 0.481 e. The highest BCUT2D eigenvalue weighted by Crippen LogP contribution is 2.36. The third-order valence-corrected chi connectivity index (χ3v) is 3.79. The van der Waals surface area contributed by atoms with Gasteiger partial charge in [0.25, 0.3) is 0 Å². The fourth-order valence-corrected chi connectivity index (χ4v) is 2.47. The van der Waals surface area contributed by atoms with Crippen LogP contribution in [-0.2, 0) is 11.0 Å².